The lowest BCUT2D eigenvalue weighted by molar-refractivity contribution is 1.26. The van der Waals surface area contributed by atoms with Gasteiger partial charge < -0.3 is 4.98 Å². The molecule has 0 fully saturated rings. The Labute approximate surface area is 113 Å². The van der Waals surface area contributed by atoms with E-state index in [1.54, 1.807) is 6.20 Å². The van der Waals surface area contributed by atoms with Crippen molar-refractivity contribution in [3.63, 3.8) is 0 Å². The number of benzene rings is 1. The number of fused-ring (bicyclic) bond motifs is 1. The largest absolute Gasteiger partial charge is 0.337 e. The van der Waals surface area contributed by atoms with E-state index < -0.39 is 0 Å². The number of rotatable bonds is 1. The highest BCUT2D eigenvalue weighted by molar-refractivity contribution is 9.10. The van der Waals surface area contributed by atoms with Crippen molar-refractivity contribution in [1.82, 2.24) is 15.0 Å². The van der Waals surface area contributed by atoms with E-state index in [-0.39, 0.29) is 0 Å². The maximum absolute atomic E-state index is 4.54. The number of H-pyrrole nitrogens is 1. The maximum atomic E-state index is 4.54. The highest BCUT2D eigenvalue weighted by Crippen LogP contribution is 2.25. The van der Waals surface area contributed by atoms with Crippen LogP contribution in [0.5, 0.6) is 0 Å². The number of imidazole rings is 1. The van der Waals surface area contributed by atoms with Crippen molar-refractivity contribution in [3.8, 4) is 11.4 Å². The summed E-state index contributed by atoms with van der Waals surface area (Å²) in [4.78, 5) is 12.1. The van der Waals surface area contributed by atoms with Crippen LogP contribution in [0.2, 0.25) is 0 Å². The van der Waals surface area contributed by atoms with Crippen LogP contribution in [-0.4, -0.2) is 15.0 Å². The second-order valence-electron chi connectivity index (χ2n) is 4.36. The molecule has 3 aromatic rings. The Morgan fingerprint density at radius 3 is 2.89 bits per heavy atom. The van der Waals surface area contributed by atoms with Crippen LogP contribution in [0.3, 0.4) is 0 Å². The predicted molar refractivity (Wildman–Crippen MR) is 76.5 cm³/mol. The molecule has 18 heavy (non-hydrogen) atoms. The highest BCUT2D eigenvalue weighted by atomic mass is 79.9. The molecule has 4 heteroatoms. The summed E-state index contributed by atoms with van der Waals surface area (Å²) in [7, 11) is 0. The molecule has 0 bridgehead atoms. The average Bonchev–Trinajstić information content (AvgIpc) is 2.75. The summed E-state index contributed by atoms with van der Waals surface area (Å²) < 4.78 is 0.950. The summed E-state index contributed by atoms with van der Waals surface area (Å²) >= 11 is 3.41. The highest BCUT2D eigenvalue weighted by Gasteiger charge is 2.09. The summed E-state index contributed by atoms with van der Waals surface area (Å²) in [5.41, 5.74) is 5.33. The first kappa shape index (κ1) is 11.4. The third-order valence-electron chi connectivity index (χ3n) is 3.16. The van der Waals surface area contributed by atoms with Crippen molar-refractivity contribution in [3.05, 3.63) is 46.1 Å². The van der Waals surface area contributed by atoms with Crippen LogP contribution in [-0.2, 0) is 0 Å². The molecular weight excluding hydrogens is 290 g/mol. The van der Waals surface area contributed by atoms with Crippen LogP contribution in [0.15, 0.2) is 34.9 Å². The van der Waals surface area contributed by atoms with Crippen molar-refractivity contribution in [2.45, 2.75) is 13.8 Å². The summed E-state index contributed by atoms with van der Waals surface area (Å²) in [6.07, 6.45) is 1.76. The normalized spacial score (nSPS) is 11.1. The number of aromatic nitrogens is 3. The SMILES string of the molecule is Cc1cccc(-c2nc3ncc(Br)cc3[nH]2)c1C. The van der Waals surface area contributed by atoms with Crippen LogP contribution in [0.4, 0.5) is 0 Å². The molecule has 0 aliphatic heterocycles. The van der Waals surface area contributed by atoms with Crippen molar-refractivity contribution >= 4 is 27.1 Å². The molecular formula is C14H12BrN3. The van der Waals surface area contributed by atoms with Gasteiger partial charge in [0, 0.05) is 16.2 Å². The van der Waals surface area contributed by atoms with E-state index in [0.29, 0.717) is 0 Å². The molecule has 1 N–H and O–H groups in total. The zero-order chi connectivity index (χ0) is 12.7. The van der Waals surface area contributed by atoms with Gasteiger partial charge in [0.15, 0.2) is 5.65 Å². The molecule has 0 saturated carbocycles. The zero-order valence-electron chi connectivity index (χ0n) is 10.2. The Kier molecular flexibility index (Phi) is 2.67. The predicted octanol–water partition coefficient (Wildman–Crippen LogP) is 4.00. The molecule has 0 aliphatic rings. The molecule has 0 unspecified atom stereocenters. The fraction of sp³-hybridized carbons (Fsp3) is 0.143. The third kappa shape index (κ3) is 1.82. The van der Waals surface area contributed by atoms with Crippen molar-refractivity contribution in [2.75, 3.05) is 0 Å². The van der Waals surface area contributed by atoms with Crippen molar-refractivity contribution in [1.29, 1.82) is 0 Å². The Hall–Kier alpha value is -1.68. The number of aromatic amines is 1. The van der Waals surface area contributed by atoms with Gasteiger partial charge in [-0.3, -0.25) is 0 Å². The fourth-order valence-corrected chi connectivity index (χ4v) is 2.34. The smallest absolute Gasteiger partial charge is 0.178 e. The van der Waals surface area contributed by atoms with Gasteiger partial charge in [-0.05, 0) is 47.0 Å². The monoisotopic (exact) mass is 301 g/mol. The van der Waals surface area contributed by atoms with Gasteiger partial charge in [-0.15, -0.1) is 0 Å². The Morgan fingerprint density at radius 1 is 1.22 bits per heavy atom. The molecule has 1 aromatic carbocycles. The second-order valence-corrected chi connectivity index (χ2v) is 5.27. The van der Waals surface area contributed by atoms with Gasteiger partial charge in [-0.2, -0.15) is 0 Å². The topological polar surface area (TPSA) is 41.6 Å². The molecule has 0 spiro atoms. The summed E-state index contributed by atoms with van der Waals surface area (Å²) in [6.45, 7) is 4.22. The molecule has 2 heterocycles. The van der Waals surface area contributed by atoms with Gasteiger partial charge >= 0.3 is 0 Å². The Morgan fingerprint density at radius 2 is 2.06 bits per heavy atom. The van der Waals surface area contributed by atoms with E-state index in [9.17, 15) is 0 Å². The van der Waals surface area contributed by atoms with E-state index in [2.05, 4.69) is 56.9 Å². The van der Waals surface area contributed by atoms with Gasteiger partial charge in [0.25, 0.3) is 0 Å². The summed E-state index contributed by atoms with van der Waals surface area (Å²) in [5.74, 6) is 0.872. The molecule has 0 aliphatic carbocycles. The number of hydrogen-bond acceptors (Lipinski definition) is 2. The lowest BCUT2D eigenvalue weighted by Crippen LogP contribution is -1.88. The molecule has 0 amide bonds. The minimum Gasteiger partial charge on any atom is -0.337 e. The van der Waals surface area contributed by atoms with Crippen LogP contribution in [0, 0.1) is 13.8 Å². The van der Waals surface area contributed by atoms with Crippen molar-refractivity contribution < 1.29 is 0 Å². The fourth-order valence-electron chi connectivity index (χ4n) is 2.01. The molecule has 90 valence electrons. The lowest BCUT2D eigenvalue weighted by Gasteiger charge is -2.04. The van der Waals surface area contributed by atoms with Gasteiger partial charge in [0.1, 0.15) is 5.82 Å². The number of halogens is 1. The average molecular weight is 302 g/mol. The quantitative estimate of drug-likeness (QED) is 0.738. The first-order valence-electron chi connectivity index (χ1n) is 5.73. The van der Waals surface area contributed by atoms with Gasteiger partial charge in [0.05, 0.1) is 5.52 Å². The van der Waals surface area contributed by atoms with Crippen LogP contribution >= 0.6 is 15.9 Å². The van der Waals surface area contributed by atoms with Gasteiger partial charge in [-0.25, -0.2) is 9.97 Å². The van der Waals surface area contributed by atoms with E-state index in [1.807, 2.05) is 12.1 Å². The second kappa shape index (κ2) is 4.21. The number of nitrogens with zero attached hydrogens (tertiary/aromatic N) is 2. The number of pyridine rings is 1. The standard InChI is InChI=1S/C14H12BrN3/c1-8-4-3-5-11(9(8)2)13-17-12-6-10(15)7-16-14(12)18-13/h3-7H,1-2H3,(H,16,17,18). The molecule has 3 rings (SSSR count). The minimum absolute atomic E-state index is 0.745. The maximum Gasteiger partial charge on any atom is 0.178 e. The number of aryl methyl sites for hydroxylation is 1. The molecule has 0 radical (unpaired) electrons. The Balaban J connectivity index is 2.22. The van der Waals surface area contributed by atoms with E-state index >= 15 is 0 Å². The van der Waals surface area contributed by atoms with Crippen LogP contribution in [0.25, 0.3) is 22.6 Å². The number of nitrogens with one attached hydrogen (secondary N) is 1. The van der Waals surface area contributed by atoms with Gasteiger partial charge in [0.2, 0.25) is 0 Å². The number of hydrogen-bond donors (Lipinski definition) is 1. The lowest BCUT2D eigenvalue weighted by atomic mass is 10.0. The molecule has 3 nitrogen and oxygen atoms in total. The van der Waals surface area contributed by atoms with E-state index in [1.165, 1.54) is 11.1 Å². The molecule has 0 saturated heterocycles. The zero-order valence-corrected chi connectivity index (χ0v) is 11.7. The van der Waals surface area contributed by atoms with E-state index in [4.69, 9.17) is 0 Å². The third-order valence-corrected chi connectivity index (χ3v) is 3.60. The Bertz CT molecular complexity index is 731. The van der Waals surface area contributed by atoms with Gasteiger partial charge in [-0.1, -0.05) is 18.2 Å². The van der Waals surface area contributed by atoms with E-state index in [0.717, 1.165) is 27.0 Å². The van der Waals surface area contributed by atoms with Crippen LogP contribution in [0.1, 0.15) is 11.1 Å². The summed E-state index contributed by atoms with van der Waals surface area (Å²) in [6, 6.07) is 8.23. The summed E-state index contributed by atoms with van der Waals surface area (Å²) in [5, 5.41) is 0. The first-order valence-corrected chi connectivity index (χ1v) is 6.52. The first-order chi connectivity index (χ1) is 8.65. The molecule has 0 atom stereocenters. The minimum atomic E-state index is 0.745. The molecule has 2 aromatic heterocycles. The van der Waals surface area contributed by atoms with Crippen LogP contribution < -0.4 is 0 Å². The van der Waals surface area contributed by atoms with Crippen molar-refractivity contribution in [2.24, 2.45) is 0 Å².